The minimum absolute atomic E-state index is 0.349. The number of halogens is 1. The third-order valence-electron chi connectivity index (χ3n) is 5.16. The molecule has 6 heteroatoms. The summed E-state index contributed by atoms with van der Waals surface area (Å²) in [6.07, 6.45) is 10.3. The Balaban J connectivity index is 2.09. The van der Waals surface area contributed by atoms with Gasteiger partial charge in [0.15, 0.2) is 0 Å². The predicted octanol–water partition coefficient (Wildman–Crippen LogP) is 6.36. The minimum atomic E-state index is 0.349. The molecule has 0 saturated heterocycles. The summed E-state index contributed by atoms with van der Waals surface area (Å²) in [4.78, 5) is 7.77. The van der Waals surface area contributed by atoms with E-state index in [9.17, 15) is 5.26 Å². The summed E-state index contributed by atoms with van der Waals surface area (Å²) in [6, 6.07) is 2.39. The molecule has 0 atom stereocenters. The fourth-order valence-electron chi connectivity index (χ4n) is 3.13. The molecule has 0 N–H and O–H groups in total. The van der Waals surface area contributed by atoms with Gasteiger partial charge in [-0.15, -0.1) is 11.8 Å². The first-order valence-electron chi connectivity index (χ1n) is 10.4. The van der Waals surface area contributed by atoms with Crippen molar-refractivity contribution >= 4 is 34.0 Å². The molecule has 30 heavy (non-hydrogen) atoms. The van der Waals surface area contributed by atoms with Crippen molar-refractivity contribution in [2.45, 2.75) is 40.5 Å². The van der Waals surface area contributed by atoms with Crippen molar-refractivity contribution in [2.24, 2.45) is 10.9 Å². The number of thioether (sulfide) groups is 1. The van der Waals surface area contributed by atoms with Gasteiger partial charge < -0.3 is 9.64 Å². The summed E-state index contributed by atoms with van der Waals surface area (Å²) in [5.41, 5.74) is 5.33. The van der Waals surface area contributed by atoms with Crippen LogP contribution in [0.4, 0.5) is 0 Å². The van der Waals surface area contributed by atoms with Gasteiger partial charge in [0.2, 0.25) is 0 Å². The van der Waals surface area contributed by atoms with Crippen LogP contribution in [0.1, 0.15) is 40.5 Å². The van der Waals surface area contributed by atoms with Crippen LogP contribution >= 0.6 is 27.7 Å². The molecule has 1 aliphatic carbocycles. The maximum atomic E-state index is 9.63. The monoisotopic (exact) mass is 489 g/mol. The molecule has 2 rings (SSSR count). The van der Waals surface area contributed by atoms with Crippen LogP contribution in [0.2, 0.25) is 0 Å². The lowest BCUT2D eigenvalue weighted by molar-refractivity contribution is 0.186. The molecule has 0 unspecified atom stereocenters. The van der Waals surface area contributed by atoms with E-state index in [0.29, 0.717) is 19.1 Å². The number of rotatable bonds is 8. The van der Waals surface area contributed by atoms with E-state index >= 15 is 0 Å². The maximum Gasteiger partial charge on any atom is 0.100 e. The van der Waals surface area contributed by atoms with Crippen molar-refractivity contribution in [3.63, 3.8) is 0 Å². The van der Waals surface area contributed by atoms with Gasteiger partial charge in [-0.2, -0.15) is 5.26 Å². The van der Waals surface area contributed by atoms with E-state index in [1.807, 2.05) is 13.4 Å². The highest BCUT2D eigenvalue weighted by Crippen LogP contribution is 2.34. The van der Waals surface area contributed by atoms with Crippen LogP contribution in [-0.2, 0) is 4.74 Å². The molecule has 1 aliphatic heterocycles. The summed E-state index contributed by atoms with van der Waals surface area (Å²) >= 11 is 5.43. The standard InChI is InChI=1S/C24H32BrN3OS/c1-6-28(5)16-27-23-12-22(25)19(9-7-8-18(23)4)14-29-15-24-21(13-26)20(17(2)3)10-11-30-24/h9-10,12,16-17H,6-8,11,14-15H2,1-5H3. The average molecular weight is 491 g/mol. The normalized spacial score (nSPS) is 18.1. The minimum Gasteiger partial charge on any atom is -0.371 e. The Bertz CT molecular complexity index is 856. The van der Waals surface area contributed by atoms with E-state index < -0.39 is 0 Å². The Hall–Kier alpha value is -1.55. The molecule has 0 aromatic carbocycles. The number of nitrogens with zero attached hydrogens (tertiary/aromatic N) is 3. The van der Waals surface area contributed by atoms with Crippen molar-refractivity contribution < 1.29 is 4.74 Å². The number of hydrogen-bond donors (Lipinski definition) is 0. The van der Waals surface area contributed by atoms with E-state index in [0.717, 1.165) is 56.9 Å². The lowest BCUT2D eigenvalue weighted by Gasteiger charge is -2.20. The molecule has 0 aromatic rings. The molecular weight excluding hydrogens is 458 g/mol. The molecule has 0 spiro atoms. The Morgan fingerprint density at radius 1 is 1.37 bits per heavy atom. The Labute approximate surface area is 194 Å². The molecule has 162 valence electrons. The Kier molecular flexibility index (Phi) is 10.2. The number of nitriles is 1. The molecule has 0 amide bonds. The second-order valence-electron chi connectivity index (χ2n) is 7.77. The largest absolute Gasteiger partial charge is 0.371 e. The van der Waals surface area contributed by atoms with Crippen LogP contribution < -0.4 is 0 Å². The molecule has 2 aliphatic rings. The summed E-state index contributed by atoms with van der Waals surface area (Å²) in [5.74, 6) is 1.25. The van der Waals surface area contributed by atoms with Gasteiger partial charge in [-0.25, -0.2) is 4.99 Å². The molecule has 1 heterocycles. The first-order chi connectivity index (χ1) is 14.4. The SMILES string of the molecule is CCN(C)C=NC1=C(C)CCC=C(COCC2=C(C#N)C(C(C)C)=CCS2)C(Br)=C1. The summed E-state index contributed by atoms with van der Waals surface area (Å²) < 4.78 is 7.06. The van der Waals surface area contributed by atoms with Gasteiger partial charge in [0.05, 0.1) is 30.8 Å². The van der Waals surface area contributed by atoms with Crippen LogP contribution in [-0.4, -0.2) is 43.8 Å². The number of allylic oxidation sites excluding steroid dienone is 5. The lowest BCUT2D eigenvalue weighted by atomic mass is 9.95. The first-order valence-corrected chi connectivity index (χ1v) is 12.2. The highest BCUT2D eigenvalue weighted by molar-refractivity contribution is 9.12. The highest BCUT2D eigenvalue weighted by Gasteiger charge is 2.19. The second-order valence-corrected chi connectivity index (χ2v) is 9.74. The van der Waals surface area contributed by atoms with E-state index in [4.69, 9.17) is 4.74 Å². The quantitative estimate of drug-likeness (QED) is 0.293. The molecular formula is C24H32BrN3OS. The number of hydrogen-bond acceptors (Lipinski definition) is 4. The smallest absolute Gasteiger partial charge is 0.100 e. The second kappa shape index (κ2) is 12.3. The zero-order chi connectivity index (χ0) is 22.1. The van der Waals surface area contributed by atoms with Crippen LogP contribution in [0.25, 0.3) is 0 Å². The highest BCUT2D eigenvalue weighted by atomic mass is 79.9. The van der Waals surface area contributed by atoms with Gasteiger partial charge in [0, 0.05) is 28.7 Å². The Morgan fingerprint density at radius 3 is 2.80 bits per heavy atom. The molecule has 0 aromatic heterocycles. The van der Waals surface area contributed by atoms with E-state index in [-0.39, 0.29) is 0 Å². The molecule has 0 bridgehead atoms. The van der Waals surface area contributed by atoms with E-state index in [2.05, 4.69) is 77.8 Å². The molecule has 0 radical (unpaired) electrons. The molecule has 0 saturated carbocycles. The predicted molar refractivity (Wildman–Crippen MR) is 133 cm³/mol. The summed E-state index contributed by atoms with van der Waals surface area (Å²) in [7, 11) is 2.02. The lowest BCUT2D eigenvalue weighted by Crippen LogP contribution is -2.14. The van der Waals surface area contributed by atoms with Gasteiger partial charge in [-0.05, 0) is 55.4 Å². The van der Waals surface area contributed by atoms with Gasteiger partial charge in [0.1, 0.15) is 6.07 Å². The summed E-state index contributed by atoms with van der Waals surface area (Å²) in [5, 5.41) is 9.63. The molecule has 4 nitrogen and oxygen atoms in total. The van der Waals surface area contributed by atoms with E-state index in [1.165, 1.54) is 5.57 Å². The number of ether oxygens (including phenoxy) is 1. The third kappa shape index (κ3) is 7.01. The summed E-state index contributed by atoms with van der Waals surface area (Å²) in [6.45, 7) is 10.4. The zero-order valence-electron chi connectivity index (χ0n) is 18.7. The van der Waals surface area contributed by atoms with Crippen LogP contribution in [0.15, 0.2) is 60.6 Å². The van der Waals surface area contributed by atoms with Crippen molar-refractivity contribution in [1.29, 1.82) is 5.26 Å². The first kappa shape index (κ1) is 24.7. The number of aliphatic imine (C=N–C) groups is 1. The third-order valence-corrected chi connectivity index (χ3v) is 6.91. The van der Waals surface area contributed by atoms with Gasteiger partial charge >= 0.3 is 0 Å². The fourth-order valence-corrected chi connectivity index (χ4v) is 4.56. The van der Waals surface area contributed by atoms with Crippen molar-refractivity contribution in [2.75, 3.05) is 32.6 Å². The Morgan fingerprint density at radius 2 is 2.13 bits per heavy atom. The zero-order valence-corrected chi connectivity index (χ0v) is 21.1. The van der Waals surface area contributed by atoms with Crippen LogP contribution in [0, 0.1) is 17.2 Å². The van der Waals surface area contributed by atoms with Crippen molar-refractivity contribution in [3.8, 4) is 6.07 Å². The van der Waals surface area contributed by atoms with Crippen molar-refractivity contribution in [3.05, 3.63) is 55.6 Å². The van der Waals surface area contributed by atoms with Gasteiger partial charge in [0.25, 0.3) is 0 Å². The van der Waals surface area contributed by atoms with Crippen molar-refractivity contribution in [1.82, 2.24) is 4.90 Å². The topological polar surface area (TPSA) is 48.6 Å². The molecule has 0 fully saturated rings. The van der Waals surface area contributed by atoms with E-state index in [1.54, 1.807) is 11.8 Å². The maximum absolute atomic E-state index is 9.63. The van der Waals surface area contributed by atoms with Gasteiger partial charge in [-0.3, -0.25) is 0 Å². The van der Waals surface area contributed by atoms with Gasteiger partial charge in [-0.1, -0.05) is 41.9 Å². The fraction of sp³-hybridized carbons (Fsp3) is 0.500. The average Bonchev–Trinajstić information content (AvgIpc) is 2.73. The van der Waals surface area contributed by atoms with Crippen LogP contribution in [0.3, 0.4) is 0 Å². The van der Waals surface area contributed by atoms with Crippen LogP contribution in [0.5, 0.6) is 0 Å².